The van der Waals surface area contributed by atoms with E-state index in [0.29, 0.717) is 31.6 Å². The largest absolute Gasteiger partial charge is 0.492 e. The van der Waals surface area contributed by atoms with E-state index in [4.69, 9.17) is 10.00 Å². The minimum absolute atomic E-state index is 0.0704. The minimum Gasteiger partial charge on any atom is -0.492 e. The monoisotopic (exact) mass is 487 g/mol. The van der Waals surface area contributed by atoms with Crippen molar-refractivity contribution in [2.75, 3.05) is 13.2 Å². The van der Waals surface area contributed by atoms with Crippen LogP contribution in [-0.4, -0.2) is 37.8 Å². The predicted molar refractivity (Wildman–Crippen MR) is 134 cm³/mol. The lowest BCUT2D eigenvalue weighted by atomic mass is 10.00. The molecule has 3 N–H and O–H groups in total. The molecule has 0 aliphatic carbocycles. The number of ether oxygens (including phenoxy) is 1. The molecule has 0 saturated heterocycles. The first-order valence-electron chi connectivity index (χ1n) is 11.4. The van der Waals surface area contributed by atoms with Crippen LogP contribution in [0, 0.1) is 11.3 Å². The molecule has 1 aromatic heterocycles. The Balaban J connectivity index is 1.46. The van der Waals surface area contributed by atoms with Gasteiger partial charge < -0.3 is 14.8 Å². The predicted octanol–water partition coefficient (Wildman–Crippen LogP) is 3.72. The number of aliphatic hydroxyl groups excluding tert-OH is 1. The minimum atomic E-state index is -3.99. The molecule has 178 valence electrons. The molecule has 0 unspecified atom stereocenters. The van der Waals surface area contributed by atoms with Crippen LogP contribution in [0.3, 0.4) is 0 Å². The zero-order valence-corrected chi connectivity index (χ0v) is 19.8. The van der Waals surface area contributed by atoms with Crippen molar-refractivity contribution in [2.24, 2.45) is 0 Å². The molecular formula is C27H25N3O4S. The zero-order valence-electron chi connectivity index (χ0n) is 19.0. The number of para-hydroxylation sites is 1. The Hall–Kier alpha value is -3.64. The Bertz CT molecular complexity index is 1520. The highest BCUT2D eigenvalue weighted by Gasteiger charge is 2.29. The average Bonchev–Trinajstić information content (AvgIpc) is 3.50. The molecule has 0 radical (unpaired) electrons. The summed E-state index contributed by atoms with van der Waals surface area (Å²) >= 11 is 0. The van der Waals surface area contributed by atoms with E-state index < -0.39 is 16.1 Å². The van der Waals surface area contributed by atoms with Crippen LogP contribution in [0.2, 0.25) is 0 Å². The zero-order chi connectivity index (χ0) is 24.4. The van der Waals surface area contributed by atoms with Crippen LogP contribution in [0.4, 0.5) is 0 Å². The number of aromatic nitrogens is 1. The molecule has 4 aromatic rings. The van der Waals surface area contributed by atoms with E-state index in [1.54, 1.807) is 6.07 Å². The first kappa shape index (κ1) is 23.1. The third kappa shape index (κ3) is 4.66. The van der Waals surface area contributed by atoms with Gasteiger partial charge in [-0.15, -0.1) is 0 Å². The Morgan fingerprint density at radius 2 is 1.91 bits per heavy atom. The number of hydrogen-bond donors (Lipinski definition) is 3. The lowest BCUT2D eigenvalue weighted by Crippen LogP contribution is -2.39. The highest BCUT2D eigenvalue weighted by atomic mass is 32.2. The van der Waals surface area contributed by atoms with Crippen molar-refractivity contribution in [1.82, 2.24) is 9.71 Å². The van der Waals surface area contributed by atoms with E-state index in [0.717, 1.165) is 38.7 Å². The van der Waals surface area contributed by atoms with Gasteiger partial charge in [0.2, 0.25) is 10.0 Å². The van der Waals surface area contributed by atoms with Crippen molar-refractivity contribution in [1.29, 1.82) is 5.26 Å². The van der Waals surface area contributed by atoms with Gasteiger partial charge in [0.05, 0.1) is 25.7 Å². The number of rotatable bonds is 8. The third-order valence-corrected chi connectivity index (χ3v) is 7.82. The summed E-state index contributed by atoms with van der Waals surface area (Å²) < 4.78 is 35.5. The van der Waals surface area contributed by atoms with Gasteiger partial charge in [0.1, 0.15) is 10.6 Å². The van der Waals surface area contributed by atoms with Gasteiger partial charge in [-0.2, -0.15) is 5.26 Å². The second-order valence-corrected chi connectivity index (χ2v) is 10.3. The standard InChI is InChI=1S/C27H25N3O4S/c28-11-9-18-5-7-19(8-6-18)21-13-20-10-12-34-27(20)26(15-21)35(32,33)30-23(17-31)14-22-16-29-25-4-2-1-3-24(22)25/h1-8,13,15-16,23,29-31H,9-10,12,14,17H2/t23-/m1/s1. The number of hydrogen-bond acceptors (Lipinski definition) is 5. The smallest absolute Gasteiger partial charge is 0.244 e. The maximum Gasteiger partial charge on any atom is 0.244 e. The number of nitrogens with one attached hydrogen (secondary N) is 2. The van der Waals surface area contributed by atoms with Crippen LogP contribution < -0.4 is 9.46 Å². The molecule has 35 heavy (non-hydrogen) atoms. The van der Waals surface area contributed by atoms with E-state index in [9.17, 15) is 13.5 Å². The number of nitrogens with zero attached hydrogens (tertiary/aromatic N) is 1. The van der Waals surface area contributed by atoms with Crippen molar-refractivity contribution in [3.8, 4) is 22.9 Å². The number of aromatic amines is 1. The molecule has 7 nitrogen and oxygen atoms in total. The fraction of sp³-hybridized carbons (Fsp3) is 0.222. The summed E-state index contributed by atoms with van der Waals surface area (Å²) in [7, 11) is -3.99. The number of sulfonamides is 1. The van der Waals surface area contributed by atoms with Crippen molar-refractivity contribution < 1.29 is 18.3 Å². The lowest BCUT2D eigenvalue weighted by Gasteiger charge is -2.18. The van der Waals surface area contributed by atoms with Crippen LogP contribution in [0.5, 0.6) is 5.75 Å². The molecule has 3 aromatic carbocycles. The summed E-state index contributed by atoms with van der Waals surface area (Å²) in [6, 6.07) is 20.3. The SMILES string of the molecule is N#CCc1ccc(-c2cc3c(c(S(=O)(=O)N[C@@H](CO)Cc4c[nH]c5ccccc45)c2)OCC3)cc1. The number of nitriles is 1. The molecule has 0 amide bonds. The van der Waals surface area contributed by atoms with Crippen molar-refractivity contribution in [2.45, 2.75) is 30.2 Å². The fourth-order valence-electron chi connectivity index (χ4n) is 4.54. The van der Waals surface area contributed by atoms with Gasteiger partial charge in [0.25, 0.3) is 0 Å². The van der Waals surface area contributed by atoms with Crippen molar-refractivity contribution >= 4 is 20.9 Å². The molecule has 2 heterocycles. The molecule has 1 aliphatic rings. The molecule has 8 heteroatoms. The summed E-state index contributed by atoms with van der Waals surface area (Å²) in [6.45, 7) is 0.0724. The fourth-order valence-corrected chi connectivity index (χ4v) is 5.98. The summed E-state index contributed by atoms with van der Waals surface area (Å²) in [4.78, 5) is 3.26. The van der Waals surface area contributed by atoms with E-state index >= 15 is 0 Å². The Kier molecular flexibility index (Phi) is 6.31. The van der Waals surface area contributed by atoms with Gasteiger partial charge in [-0.25, -0.2) is 13.1 Å². The molecule has 0 fully saturated rings. The Labute approximate surface area is 204 Å². The average molecular weight is 488 g/mol. The highest BCUT2D eigenvalue weighted by molar-refractivity contribution is 7.89. The van der Waals surface area contributed by atoms with Crippen molar-refractivity contribution in [3.05, 3.63) is 83.6 Å². The molecular weight excluding hydrogens is 462 g/mol. The first-order valence-corrected chi connectivity index (χ1v) is 12.9. The maximum absolute atomic E-state index is 13.5. The summed E-state index contributed by atoms with van der Waals surface area (Å²) in [5, 5.41) is 19.9. The quantitative estimate of drug-likeness (QED) is 0.350. The first-order chi connectivity index (χ1) is 17.0. The van der Waals surface area contributed by atoms with Crippen LogP contribution in [0.1, 0.15) is 16.7 Å². The Morgan fingerprint density at radius 3 is 2.69 bits per heavy atom. The molecule has 0 bridgehead atoms. The highest BCUT2D eigenvalue weighted by Crippen LogP contribution is 2.37. The molecule has 1 atom stereocenters. The van der Waals surface area contributed by atoms with Crippen LogP contribution in [-0.2, 0) is 29.3 Å². The summed E-state index contributed by atoms with van der Waals surface area (Å²) in [5.41, 5.74) is 5.24. The van der Waals surface area contributed by atoms with Gasteiger partial charge in [-0.1, -0.05) is 42.5 Å². The maximum atomic E-state index is 13.5. The summed E-state index contributed by atoms with van der Waals surface area (Å²) in [6.07, 6.45) is 3.12. The van der Waals surface area contributed by atoms with E-state index in [-0.39, 0.29) is 11.5 Å². The van der Waals surface area contributed by atoms with E-state index in [2.05, 4.69) is 15.8 Å². The normalized spacial score (nSPS) is 13.8. The van der Waals surface area contributed by atoms with Crippen LogP contribution in [0.25, 0.3) is 22.0 Å². The van der Waals surface area contributed by atoms with Crippen LogP contribution in [0.15, 0.2) is 71.8 Å². The third-order valence-electron chi connectivity index (χ3n) is 6.29. The number of benzene rings is 3. The molecule has 5 rings (SSSR count). The number of aliphatic hydroxyl groups is 1. The topological polar surface area (TPSA) is 115 Å². The van der Waals surface area contributed by atoms with Gasteiger partial charge >= 0.3 is 0 Å². The van der Waals surface area contributed by atoms with Gasteiger partial charge in [0, 0.05) is 29.6 Å². The molecule has 1 aliphatic heterocycles. The number of H-pyrrole nitrogens is 1. The van der Waals surface area contributed by atoms with Gasteiger partial charge in [-0.05, 0) is 52.4 Å². The second kappa shape index (κ2) is 9.55. The second-order valence-electron chi connectivity index (χ2n) is 8.66. The van der Waals surface area contributed by atoms with E-state index in [1.807, 2.05) is 60.8 Å². The lowest BCUT2D eigenvalue weighted by molar-refractivity contribution is 0.256. The number of fused-ring (bicyclic) bond motifs is 2. The van der Waals surface area contributed by atoms with Crippen LogP contribution >= 0.6 is 0 Å². The van der Waals surface area contributed by atoms with Gasteiger partial charge in [-0.3, -0.25) is 0 Å². The Morgan fingerprint density at radius 1 is 1.11 bits per heavy atom. The molecule has 0 spiro atoms. The van der Waals surface area contributed by atoms with E-state index in [1.165, 1.54) is 0 Å². The summed E-state index contributed by atoms with van der Waals surface area (Å²) in [5.74, 6) is 0.367. The molecule has 0 saturated carbocycles. The van der Waals surface area contributed by atoms with Gasteiger partial charge in [0.15, 0.2) is 0 Å². The van der Waals surface area contributed by atoms with Crippen molar-refractivity contribution in [3.63, 3.8) is 0 Å².